The first-order chi connectivity index (χ1) is 9.58. The molecule has 0 aromatic heterocycles. The van der Waals surface area contributed by atoms with Crippen molar-refractivity contribution in [3.63, 3.8) is 0 Å². The summed E-state index contributed by atoms with van der Waals surface area (Å²) in [4.78, 5) is 13.8. The van der Waals surface area contributed by atoms with Gasteiger partial charge >= 0.3 is 6.03 Å². The average molecular weight is 294 g/mol. The molecular formula is C14H16ClN3O2. The van der Waals surface area contributed by atoms with E-state index in [9.17, 15) is 9.90 Å². The number of benzene rings is 1. The minimum atomic E-state index is -0.245. The van der Waals surface area contributed by atoms with Crippen LogP contribution < -0.4 is 5.32 Å². The Kier molecular flexibility index (Phi) is 4.48. The van der Waals surface area contributed by atoms with Gasteiger partial charge in [0.1, 0.15) is 6.07 Å². The molecule has 1 aliphatic rings. The molecule has 106 valence electrons. The van der Waals surface area contributed by atoms with Crippen LogP contribution in [0.15, 0.2) is 12.1 Å². The highest BCUT2D eigenvalue weighted by atomic mass is 35.5. The number of likely N-dealkylation sites (tertiary alicyclic amines) is 1. The van der Waals surface area contributed by atoms with Crippen LogP contribution in [0.1, 0.15) is 24.0 Å². The summed E-state index contributed by atoms with van der Waals surface area (Å²) in [6, 6.07) is 4.88. The van der Waals surface area contributed by atoms with Gasteiger partial charge in [-0.05, 0) is 37.5 Å². The van der Waals surface area contributed by atoms with Gasteiger partial charge < -0.3 is 15.3 Å². The third-order valence-corrected chi connectivity index (χ3v) is 4.08. The van der Waals surface area contributed by atoms with Crippen molar-refractivity contribution in [1.29, 1.82) is 5.26 Å². The lowest BCUT2D eigenvalue weighted by atomic mass is 10.1. The van der Waals surface area contributed by atoms with Crippen molar-refractivity contribution in [3.05, 3.63) is 28.3 Å². The fraction of sp³-hybridized carbons (Fsp3) is 0.429. The molecule has 1 heterocycles. The summed E-state index contributed by atoms with van der Waals surface area (Å²) >= 11 is 6.07. The summed E-state index contributed by atoms with van der Waals surface area (Å²) in [5, 5.41) is 21.3. The Bertz CT molecular complexity index is 568. The minimum Gasteiger partial charge on any atom is -0.394 e. The number of amides is 2. The molecule has 1 fully saturated rings. The van der Waals surface area contributed by atoms with Gasteiger partial charge in [0, 0.05) is 12.2 Å². The highest BCUT2D eigenvalue weighted by Gasteiger charge is 2.28. The first kappa shape index (κ1) is 14.6. The molecule has 0 unspecified atom stereocenters. The van der Waals surface area contributed by atoms with Crippen LogP contribution in [0.3, 0.4) is 0 Å². The summed E-state index contributed by atoms with van der Waals surface area (Å²) in [7, 11) is 0. The number of hydrogen-bond donors (Lipinski definition) is 2. The number of nitriles is 1. The number of urea groups is 1. The van der Waals surface area contributed by atoms with Crippen molar-refractivity contribution >= 4 is 23.3 Å². The summed E-state index contributed by atoms with van der Waals surface area (Å²) in [5.74, 6) is 0. The number of hydrogen-bond acceptors (Lipinski definition) is 3. The van der Waals surface area contributed by atoms with E-state index in [4.69, 9.17) is 16.9 Å². The van der Waals surface area contributed by atoms with Crippen LogP contribution in [0.4, 0.5) is 10.5 Å². The maximum Gasteiger partial charge on any atom is 0.322 e. The molecule has 2 amide bonds. The van der Waals surface area contributed by atoms with Crippen LogP contribution in [0.5, 0.6) is 0 Å². The Labute approximate surface area is 122 Å². The lowest BCUT2D eigenvalue weighted by Crippen LogP contribution is -2.40. The van der Waals surface area contributed by atoms with Gasteiger partial charge in [0.25, 0.3) is 0 Å². The van der Waals surface area contributed by atoms with Crippen LogP contribution in [-0.2, 0) is 0 Å². The Hall–Kier alpha value is -1.77. The molecule has 5 nitrogen and oxygen atoms in total. The van der Waals surface area contributed by atoms with Gasteiger partial charge in [0.05, 0.1) is 23.2 Å². The molecule has 0 radical (unpaired) electrons. The fourth-order valence-electron chi connectivity index (χ4n) is 2.39. The molecule has 0 aliphatic carbocycles. The highest BCUT2D eigenvalue weighted by Crippen LogP contribution is 2.28. The van der Waals surface area contributed by atoms with Crippen molar-refractivity contribution in [1.82, 2.24) is 4.90 Å². The molecule has 1 aromatic carbocycles. The molecule has 20 heavy (non-hydrogen) atoms. The van der Waals surface area contributed by atoms with Crippen LogP contribution in [0.2, 0.25) is 5.02 Å². The van der Waals surface area contributed by atoms with E-state index < -0.39 is 0 Å². The van der Waals surface area contributed by atoms with E-state index in [0.29, 0.717) is 28.4 Å². The van der Waals surface area contributed by atoms with Crippen LogP contribution >= 0.6 is 11.6 Å². The summed E-state index contributed by atoms with van der Waals surface area (Å²) in [6.07, 6.45) is 1.71. The van der Waals surface area contributed by atoms with Gasteiger partial charge in [-0.1, -0.05) is 11.6 Å². The first-order valence-electron chi connectivity index (χ1n) is 6.46. The first-order valence-corrected chi connectivity index (χ1v) is 6.84. The SMILES string of the molecule is Cc1c(NC(=O)N2CCC[C@H]2CO)ccc(C#N)c1Cl. The predicted octanol–water partition coefficient (Wildman–Crippen LogP) is 2.51. The normalized spacial score (nSPS) is 17.9. The average Bonchev–Trinajstić information content (AvgIpc) is 2.92. The molecule has 1 aromatic rings. The number of rotatable bonds is 2. The number of anilines is 1. The zero-order chi connectivity index (χ0) is 14.7. The number of carbonyl (C=O) groups excluding carboxylic acids is 1. The molecule has 1 aliphatic heterocycles. The molecule has 0 spiro atoms. The Balaban J connectivity index is 2.16. The Morgan fingerprint density at radius 3 is 3.05 bits per heavy atom. The van der Waals surface area contributed by atoms with E-state index in [1.165, 1.54) is 0 Å². The number of nitrogens with zero attached hydrogens (tertiary/aromatic N) is 2. The molecule has 0 bridgehead atoms. The maximum atomic E-state index is 12.2. The van der Waals surface area contributed by atoms with Crippen molar-refractivity contribution in [2.75, 3.05) is 18.5 Å². The smallest absolute Gasteiger partial charge is 0.322 e. The van der Waals surface area contributed by atoms with Crippen molar-refractivity contribution in [2.24, 2.45) is 0 Å². The summed E-state index contributed by atoms with van der Waals surface area (Å²) in [5.41, 5.74) is 1.64. The zero-order valence-electron chi connectivity index (χ0n) is 11.2. The molecular weight excluding hydrogens is 278 g/mol. The zero-order valence-corrected chi connectivity index (χ0v) is 11.9. The third kappa shape index (κ3) is 2.72. The molecule has 0 saturated carbocycles. The second-order valence-electron chi connectivity index (χ2n) is 4.81. The van der Waals surface area contributed by atoms with Gasteiger partial charge in [-0.25, -0.2) is 4.79 Å². The summed E-state index contributed by atoms with van der Waals surface area (Å²) < 4.78 is 0. The van der Waals surface area contributed by atoms with Gasteiger partial charge in [-0.15, -0.1) is 0 Å². The lowest BCUT2D eigenvalue weighted by Gasteiger charge is -2.24. The Morgan fingerprint density at radius 2 is 2.40 bits per heavy atom. The van der Waals surface area contributed by atoms with E-state index in [0.717, 1.165) is 12.8 Å². The van der Waals surface area contributed by atoms with Gasteiger partial charge in [0.15, 0.2) is 0 Å². The molecule has 1 atom stereocenters. The van der Waals surface area contributed by atoms with Crippen molar-refractivity contribution < 1.29 is 9.90 Å². The number of aliphatic hydroxyl groups is 1. The largest absolute Gasteiger partial charge is 0.394 e. The Morgan fingerprint density at radius 1 is 1.65 bits per heavy atom. The van der Waals surface area contributed by atoms with E-state index in [1.807, 2.05) is 6.07 Å². The van der Waals surface area contributed by atoms with Gasteiger partial charge in [-0.3, -0.25) is 0 Å². The second kappa shape index (κ2) is 6.12. The standard InChI is InChI=1S/C14H16ClN3O2/c1-9-12(5-4-10(7-16)13(9)15)17-14(20)18-6-2-3-11(18)8-19/h4-5,11,19H,2-3,6,8H2,1H3,(H,17,20)/t11-/m0/s1. The van der Waals surface area contributed by atoms with Gasteiger partial charge in [-0.2, -0.15) is 5.26 Å². The molecule has 6 heteroatoms. The van der Waals surface area contributed by atoms with E-state index >= 15 is 0 Å². The van der Waals surface area contributed by atoms with E-state index in [2.05, 4.69) is 5.32 Å². The number of halogens is 1. The van der Waals surface area contributed by atoms with E-state index in [1.54, 1.807) is 24.0 Å². The topological polar surface area (TPSA) is 76.4 Å². The molecule has 2 rings (SSSR count). The number of nitrogens with one attached hydrogen (secondary N) is 1. The monoisotopic (exact) mass is 293 g/mol. The maximum absolute atomic E-state index is 12.2. The predicted molar refractivity (Wildman–Crippen MR) is 76.7 cm³/mol. The van der Waals surface area contributed by atoms with E-state index in [-0.39, 0.29) is 18.7 Å². The molecule has 1 saturated heterocycles. The van der Waals surface area contributed by atoms with Crippen molar-refractivity contribution in [2.45, 2.75) is 25.8 Å². The summed E-state index contributed by atoms with van der Waals surface area (Å²) in [6.45, 7) is 2.37. The van der Waals surface area contributed by atoms with Crippen LogP contribution in [0, 0.1) is 18.3 Å². The lowest BCUT2D eigenvalue weighted by molar-refractivity contribution is 0.166. The second-order valence-corrected chi connectivity index (χ2v) is 5.19. The van der Waals surface area contributed by atoms with Gasteiger partial charge in [0.2, 0.25) is 0 Å². The fourth-order valence-corrected chi connectivity index (χ4v) is 2.59. The minimum absolute atomic E-state index is 0.0273. The third-order valence-electron chi connectivity index (χ3n) is 3.60. The van der Waals surface area contributed by atoms with Crippen LogP contribution in [0.25, 0.3) is 0 Å². The number of aliphatic hydroxyl groups excluding tert-OH is 1. The highest BCUT2D eigenvalue weighted by molar-refractivity contribution is 6.33. The van der Waals surface area contributed by atoms with Crippen molar-refractivity contribution in [3.8, 4) is 6.07 Å². The number of carbonyl (C=O) groups is 1. The van der Waals surface area contributed by atoms with Crippen LogP contribution in [-0.4, -0.2) is 35.2 Å². The quantitative estimate of drug-likeness (QED) is 0.879. The molecule has 2 N–H and O–H groups in total.